The highest BCUT2D eigenvalue weighted by molar-refractivity contribution is 6.00. The molecule has 24 heavy (non-hydrogen) atoms. The Kier molecular flexibility index (Phi) is 5.95. The summed E-state index contributed by atoms with van der Waals surface area (Å²) in [6, 6.07) is 7.72. The summed E-state index contributed by atoms with van der Waals surface area (Å²) in [5.74, 6) is -0.692. The molecule has 1 aliphatic heterocycles. The molecular formula is C18H24N2O4. The number of rotatable bonds is 6. The average molecular weight is 332 g/mol. The highest BCUT2D eigenvalue weighted by atomic mass is 16.5. The zero-order chi connectivity index (χ0) is 17.7. The Morgan fingerprint density at radius 3 is 2.58 bits per heavy atom. The van der Waals surface area contributed by atoms with E-state index in [0.29, 0.717) is 19.5 Å². The van der Waals surface area contributed by atoms with Crippen LogP contribution in [0.25, 0.3) is 0 Å². The second-order valence-electron chi connectivity index (χ2n) is 6.18. The molecule has 0 aromatic heterocycles. The number of aryl methyl sites for hydroxylation is 1. The van der Waals surface area contributed by atoms with E-state index in [-0.39, 0.29) is 36.5 Å². The summed E-state index contributed by atoms with van der Waals surface area (Å²) in [4.78, 5) is 39.1. The molecule has 6 heteroatoms. The lowest BCUT2D eigenvalue weighted by Crippen LogP contribution is -2.35. The quantitative estimate of drug-likeness (QED) is 0.745. The summed E-state index contributed by atoms with van der Waals surface area (Å²) in [5.41, 5.74) is 1.96. The zero-order valence-electron chi connectivity index (χ0n) is 14.4. The van der Waals surface area contributed by atoms with Crippen molar-refractivity contribution in [1.29, 1.82) is 0 Å². The topological polar surface area (TPSA) is 66.9 Å². The van der Waals surface area contributed by atoms with Gasteiger partial charge in [0.15, 0.2) is 0 Å². The number of ether oxygens (including phenoxy) is 1. The van der Waals surface area contributed by atoms with Gasteiger partial charge in [-0.15, -0.1) is 0 Å². The molecule has 0 spiro atoms. The molecular weight excluding hydrogens is 308 g/mol. The first-order valence-electron chi connectivity index (χ1n) is 8.11. The molecule has 1 unspecified atom stereocenters. The maximum atomic E-state index is 12.5. The Morgan fingerprint density at radius 2 is 1.96 bits per heavy atom. The van der Waals surface area contributed by atoms with Crippen LogP contribution in [0, 0.1) is 12.8 Å². The lowest BCUT2D eigenvalue weighted by atomic mass is 10.1. The Bertz CT molecular complexity index is 612. The number of hydrogen-bond acceptors (Lipinski definition) is 4. The standard InChI is InChI=1S/C18H24N2O4/c1-13-6-8-15(9-7-13)20-12-14(11-16(20)21)18(23)19(2)10-4-5-17(22)24-3/h6-9,14H,4-5,10-12H2,1-3H3. The molecule has 0 aliphatic carbocycles. The van der Waals surface area contributed by atoms with E-state index in [1.54, 1.807) is 16.8 Å². The van der Waals surface area contributed by atoms with E-state index in [9.17, 15) is 14.4 Å². The first-order chi connectivity index (χ1) is 11.4. The van der Waals surface area contributed by atoms with Crippen molar-refractivity contribution in [2.75, 3.05) is 32.1 Å². The van der Waals surface area contributed by atoms with Crippen molar-refractivity contribution in [1.82, 2.24) is 4.90 Å². The monoisotopic (exact) mass is 332 g/mol. The highest BCUT2D eigenvalue weighted by Gasteiger charge is 2.36. The first-order valence-corrected chi connectivity index (χ1v) is 8.11. The lowest BCUT2D eigenvalue weighted by Gasteiger charge is -2.21. The molecule has 1 fully saturated rings. The smallest absolute Gasteiger partial charge is 0.305 e. The molecule has 1 heterocycles. The third kappa shape index (κ3) is 4.34. The molecule has 1 aliphatic rings. The number of anilines is 1. The van der Waals surface area contributed by atoms with E-state index in [2.05, 4.69) is 4.74 Å². The maximum Gasteiger partial charge on any atom is 0.305 e. The van der Waals surface area contributed by atoms with Gasteiger partial charge in [0.25, 0.3) is 0 Å². The van der Waals surface area contributed by atoms with Crippen molar-refractivity contribution < 1.29 is 19.1 Å². The molecule has 0 radical (unpaired) electrons. The molecule has 2 rings (SSSR count). The van der Waals surface area contributed by atoms with Gasteiger partial charge in [0.2, 0.25) is 11.8 Å². The molecule has 6 nitrogen and oxygen atoms in total. The minimum Gasteiger partial charge on any atom is -0.469 e. The fourth-order valence-corrected chi connectivity index (χ4v) is 2.83. The van der Waals surface area contributed by atoms with Crippen LogP contribution in [0.1, 0.15) is 24.8 Å². The predicted molar refractivity (Wildman–Crippen MR) is 90.5 cm³/mol. The van der Waals surface area contributed by atoms with Crippen molar-refractivity contribution in [3.05, 3.63) is 29.8 Å². The largest absolute Gasteiger partial charge is 0.469 e. The van der Waals surface area contributed by atoms with Gasteiger partial charge in [0, 0.05) is 38.7 Å². The second-order valence-corrected chi connectivity index (χ2v) is 6.18. The van der Waals surface area contributed by atoms with E-state index < -0.39 is 0 Å². The summed E-state index contributed by atoms with van der Waals surface area (Å²) in [6.45, 7) is 2.87. The van der Waals surface area contributed by atoms with E-state index in [1.165, 1.54) is 7.11 Å². The Balaban J connectivity index is 1.90. The molecule has 0 N–H and O–H groups in total. The SMILES string of the molecule is COC(=O)CCCN(C)C(=O)C1CC(=O)N(c2ccc(C)cc2)C1. The number of methoxy groups -OCH3 is 1. The highest BCUT2D eigenvalue weighted by Crippen LogP contribution is 2.26. The molecule has 0 bridgehead atoms. The van der Waals surface area contributed by atoms with Crippen LogP contribution >= 0.6 is 0 Å². The molecule has 1 saturated heterocycles. The van der Waals surface area contributed by atoms with Gasteiger partial charge in [0.1, 0.15) is 0 Å². The average Bonchev–Trinajstić information content (AvgIpc) is 2.96. The number of amides is 2. The van der Waals surface area contributed by atoms with Crippen molar-refractivity contribution in [2.45, 2.75) is 26.2 Å². The third-order valence-electron chi connectivity index (χ3n) is 4.30. The number of hydrogen-bond donors (Lipinski definition) is 0. The van der Waals surface area contributed by atoms with E-state index >= 15 is 0 Å². The Labute approximate surface area is 142 Å². The minimum absolute atomic E-state index is 0.0276. The maximum absolute atomic E-state index is 12.5. The van der Waals surface area contributed by atoms with Gasteiger partial charge in [-0.1, -0.05) is 17.7 Å². The number of carbonyl (C=O) groups excluding carboxylic acids is 3. The van der Waals surface area contributed by atoms with Crippen molar-refractivity contribution in [2.24, 2.45) is 5.92 Å². The van der Waals surface area contributed by atoms with Gasteiger partial charge in [-0.05, 0) is 25.5 Å². The summed E-state index contributed by atoms with van der Waals surface area (Å²) in [7, 11) is 3.06. The van der Waals surface area contributed by atoms with Crippen LogP contribution in [-0.4, -0.2) is 49.9 Å². The van der Waals surface area contributed by atoms with Crippen LogP contribution in [0.2, 0.25) is 0 Å². The van der Waals surface area contributed by atoms with Crippen LogP contribution in [0.5, 0.6) is 0 Å². The number of esters is 1. The number of nitrogens with zero attached hydrogens (tertiary/aromatic N) is 2. The van der Waals surface area contributed by atoms with E-state index in [4.69, 9.17) is 0 Å². The summed E-state index contributed by atoms with van der Waals surface area (Å²) in [6.07, 6.45) is 1.07. The van der Waals surface area contributed by atoms with Crippen molar-refractivity contribution in [3.8, 4) is 0 Å². The lowest BCUT2D eigenvalue weighted by molar-refractivity contribution is -0.141. The van der Waals surface area contributed by atoms with Crippen LogP contribution in [0.4, 0.5) is 5.69 Å². The number of benzene rings is 1. The summed E-state index contributed by atoms with van der Waals surface area (Å²) in [5, 5.41) is 0. The van der Waals surface area contributed by atoms with E-state index in [0.717, 1.165) is 11.3 Å². The molecule has 1 aromatic rings. The second kappa shape index (κ2) is 7.95. The van der Waals surface area contributed by atoms with Gasteiger partial charge in [-0.2, -0.15) is 0 Å². The van der Waals surface area contributed by atoms with Gasteiger partial charge in [0.05, 0.1) is 13.0 Å². The Morgan fingerprint density at radius 1 is 1.29 bits per heavy atom. The van der Waals surface area contributed by atoms with Crippen molar-refractivity contribution >= 4 is 23.5 Å². The van der Waals surface area contributed by atoms with Gasteiger partial charge >= 0.3 is 5.97 Å². The first kappa shape index (κ1) is 18.0. The van der Waals surface area contributed by atoms with Crippen molar-refractivity contribution in [3.63, 3.8) is 0 Å². The fraction of sp³-hybridized carbons (Fsp3) is 0.500. The van der Waals surface area contributed by atoms with Crippen LogP contribution < -0.4 is 4.90 Å². The van der Waals surface area contributed by atoms with Gasteiger partial charge in [-0.3, -0.25) is 14.4 Å². The van der Waals surface area contributed by atoms with Crippen LogP contribution in [-0.2, 0) is 19.1 Å². The van der Waals surface area contributed by atoms with Crippen LogP contribution in [0.3, 0.4) is 0 Å². The van der Waals surface area contributed by atoms with Gasteiger partial charge < -0.3 is 14.5 Å². The Hall–Kier alpha value is -2.37. The molecule has 2 amide bonds. The zero-order valence-corrected chi connectivity index (χ0v) is 14.4. The predicted octanol–water partition coefficient (Wildman–Crippen LogP) is 1.76. The summed E-state index contributed by atoms with van der Waals surface area (Å²) >= 11 is 0. The third-order valence-corrected chi connectivity index (χ3v) is 4.30. The molecule has 0 saturated carbocycles. The molecule has 1 atom stereocenters. The van der Waals surface area contributed by atoms with E-state index in [1.807, 2.05) is 31.2 Å². The summed E-state index contributed by atoms with van der Waals surface area (Å²) < 4.78 is 4.58. The number of carbonyl (C=O) groups is 3. The van der Waals surface area contributed by atoms with Gasteiger partial charge in [-0.25, -0.2) is 0 Å². The fourth-order valence-electron chi connectivity index (χ4n) is 2.83. The normalized spacial score (nSPS) is 17.0. The van der Waals surface area contributed by atoms with Crippen LogP contribution in [0.15, 0.2) is 24.3 Å². The molecule has 130 valence electrons. The minimum atomic E-state index is -0.332. The molecule has 1 aromatic carbocycles.